The second kappa shape index (κ2) is 5.82. The first kappa shape index (κ1) is 15.0. The standard InChI is InChI=1S/C15H16N6O2S/c1-8-6-24-13-12(8)17-7-18-14(13)16-4-10-5-21(20-19-10)11-2-9(3-11)15(22)23/h5-7,9,11H,2-4H2,1H3,(H,22,23)(H,16,17,18). The summed E-state index contributed by atoms with van der Waals surface area (Å²) in [7, 11) is 0. The lowest BCUT2D eigenvalue weighted by molar-refractivity contribution is -0.146. The lowest BCUT2D eigenvalue weighted by Crippen LogP contribution is -2.32. The third-order valence-electron chi connectivity index (χ3n) is 4.36. The van der Waals surface area contributed by atoms with Crippen LogP contribution in [-0.4, -0.2) is 36.0 Å². The Hall–Kier alpha value is -2.55. The average molecular weight is 344 g/mol. The van der Waals surface area contributed by atoms with E-state index in [2.05, 4.69) is 31.0 Å². The Morgan fingerprint density at radius 2 is 2.29 bits per heavy atom. The van der Waals surface area contributed by atoms with Gasteiger partial charge in [-0.1, -0.05) is 5.21 Å². The molecule has 0 aromatic carbocycles. The zero-order chi connectivity index (χ0) is 16.7. The monoisotopic (exact) mass is 344 g/mol. The molecule has 1 fully saturated rings. The van der Waals surface area contributed by atoms with E-state index in [4.69, 9.17) is 5.11 Å². The molecule has 1 saturated carbocycles. The number of aromatic nitrogens is 5. The number of rotatable bonds is 5. The summed E-state index contributed by atoms with van der Waals surface area (Å²) in [5.41, 5.74) is 2.91. The molecule has 24 heavy (non-hydrogen) atoms. The van der Waals surface area contributed by atoms with Crippen LogP contribution in [0.4, 0.5) is 5.82 Å². The molecule has 0 bridgehead atoms. The summed E-state index contributed by atoms with van der Waals surface area (Å²) in [4.78, 5) is 19.5. The summed E-state index contributed by atoms with van der Waals surface area (Å²) < 4.78 is 2.80. The van der Waals surface area contributed by atoms with E-state index in [0.717, 1.165) is 27.3 Å². The number of aliphatic carboxylic acids is 1. The smallest absolute Gasteiger partial charge is 0.306 e. The molecule has 2 N–H and O–H groups in total. The zero-order valence-electron chi connectivity index (χ0n) is 13.0. The van der Waals surface area contributed by atoms with Gasteiger partial charge in [-0.2, -0.15) is 0 Å². The van der Waals surface area contributed by atoms with Gasteiger partial charge in [-0.3, -0.25) is 4.79 Å². The van der Waals surface area contributed by atoms with Gasteiger partial charge < -0.3 is 10.4 Å². The number of carboxylic acid groups (broad SMARTS) is 1. The third kappa shape index (κ3) is 2.60. The zero-order valence-corrected chi connectivity index (χ0v) is 13.8. The Morgan fingerprint density at radius 1 is 1.46 bits per heavy atom. The Kier molecular flexibility index (Phi) is 3.64. The second-order valence-electron chi connectivity index (χ2n) is 6.02. The van der Waals surface area contributed by atoms with Gasteiger partial charge in [-0.05, 0) is 30.7 Å². The number of carboxylic acids is 1. The Morgan fingerprint density at radius 3 is 3.08 bits per heavy atom. The Balaban J connectivity index is 1.42. The van der Waals surface area contributed by atoms with Gasteiger partial charge in [0, 0.05) is 0 Å². The molecule has 0 atom stereocenters. The molecule has 0 amide bonds. The highest BCUT2D eigenvalue weighted by atomic mass is 32.1. The van der Waals surface area contributed by atoms with Crippen LogP contribution in [0.2, 0.25) is 0 Å². The van der Waals surface area contributed by atoms with E-state index in [1.165, 1.54) is 0 Å². The molecule has 0 spiro atoms. The predicted molar refractivity (Wildman–Crippen MR) is 88.9 cm³/mol. The lowest BCUT2D eigenvalue weighted by atomic mass is 9.80. The Bertz CT molecular complexity index is 898. The average Bonchev–Trinajstić information content (AvgIpc) is 3.11. The van der Waals surface area contributed by atoms with Crippen molar-refractivity contribution < 1.29 is 9.90 Å². The highest BCUT2D eigenvalue weighted by Gasteiger charge is 2.36. The number of nitrogens with one attached hydrogen (secondary N) is 1. The summed E-state index contributed by atoms with van der Waals surface area (Å²) in [5, 5.41) is 22.5. The molecular weight excluding hydrogens is 328 g/mol. The van der Waals surface area contributed by atoms with Gasteiger partial charge in [0.1, 0.15) is 17.8 Å². The minimum Gasteiger partial charge on any atom is -0.481 e. The van der Waals surface area contributed by atoms with Gasteiger partial charge in [-0.15, -0.1) is 16.4 Å². The van der Waals surface area contributed by atoms with Crippen molar-refractivity contribution in [3.8, 4) is 0 Å². The summed E-state index contributed by atoms with van der Waals surface area (Å²) in [6.45, 7) is 2.54. The molecule has 1 aliphatic carbocycles. The van der Waals surface area contributed by atoms with E-state index in [0.29, 0.717) is 19.4 Å². The number of hydrogen-bond donors (Lipinski definition) is 2. The maximum atomic E-state index is 10.9. The third-order valence-corrected chi connectivity index (χ3v) is 5.46. The van der Waals surface area contributed by atoms with E-state index in [9.17, 15) is 4.79 Å². The highest BCUT2D eigenvalue weighted by Crippen LogP contribution is 2.37. The normalized spacial score (nSPS) is 20.0. The molecule has 0 saturated heterocycles. The van der Waals surface area contributed by atoms with E-state index < -0.39 is 5.97 Å². The maximum Gasteiger partial charge on any atom is 0.306 e. The molecule has 4 rings (SSSR count). The number of carbonyl (C=O) groups is 1. The fourth-order valence-corrected chi connectivity index (χ4v) is 3.82. The van der Waals surface area contributed by atoms with E-state index in [1.807, 2.05) is 13.1 Å². The number of nitrogens with zero attached hydrogens (tertiary/aromatic N) is 5. The minimum atomic E-state index is -0.729. The molecule has 3 aromatic heterocycles. The first-order chi connectivity index (χ1) is 11.6. The molecule has 0 aliphatic heterocycles. The van der Waals surface area contributed by atoms with Gasteiger partial charge in [0.15, 0.2) is 0 Å². The van der Waals surface area contributed by atoms with Crippen LogP contribution in [0.3, 0.4) is 0 Å². The Labute approximate surface area is 141 Å². The van der Waals surface area contributed by atoms with Crippen molar-refractivity contribution in [3.05, 3.63) is 29.2 Å². The molecule has 3 aromatic rings. The molecule has 3 heterocycles. The van der Waals surface area contributed by atoms with Gasteiger partial charge in [-0.25, -0.2) is 14.6 Å². The van der Waals surface area contributed by atoms with E-state index in [1.54, 1.807) is 22.3 Å². The number of anilines is 1. The van der Waals surface area contributed by atoms with E-state index >= 15 is 0 Å². The van der Waals surface area contributed by atoms with Crippen LogP contribution in [0, 0.1) is 12.8 Å². The van der Waals surface area contributed by atoms with Gasteiger partial charge in [0.25, 0.3) is 0 Å². The highest BCUT2D eigenvalue weighted by molar-refractivity contribution is 7.18. The van der Waals surface area contributed by atoms with Crippen LogP contribution in [0.1, 0.15) is 30.1 Å². The first-order valence-corrected chi connectivity index (χ1v) is 8.56. The summed E-state index contributed by atoms with van der Waals surface area (Å²) in [6, 6.07) is 0.137. The SMILES string of the molecule is Cc1csc2c(NCc3cn(C4CC(C(=O)O)C4)nn3)ncnc12. The fourth-order valence-electron chi connectivity index (χ4n) is 2.85. The number of hydrogen-bond acceptors (Lipinski definition) is 7. The first-order valence-electron chi connectivity index (χ1n) is 7.68. The fraction of sp³-hybridized carbons (Fsp3) is 0.400. The van der Waals surface area contributed by atoms with Crippen LogP contribution in [0.15, 0.2) is 17.9 Å². The number of aryl methyl sites for hydroxylation is 1. The van der Waals surface area contributed by atoms with Crippen LogP contribution in [0.25, 0.3) is 10.2 Å². The predicted octanol–water partition coefficient (Wildman–Crippen LogP) is 2.24. The quantitative estimate of drug-likeness (QED) is 0.731. The van der Waals surface area contributed by atoms with Gasteiger partial charge >= 0.3 is 5.97 Å². The van der Waals surface area contributed by atoms with Crippen LogP contribution < -0.4 is 5.32 Å². The largest absolute Gasteiger partial charge is 0.481 e. The topological polar surface area (TPSA) is 106 Å². The summed E-state index contributed by atoms with van der Waals surface area (Å²) >= 11 is 1.62. The molecule has 8 nitrogen and oxygen atoms in total. The van der Waals surface area contributed by atoms with Crippen molar-refractivity contribution in [2.24, 2.45) is 5.92 Å². The van der Waals surface area contributed by atoms with Crippen molar-refractivity contribution in [1.82, 2.24) is 25.0 Å². The maximum absolute atomic E-state index is 10.9. The number of fused-ring (bicyclic) bond motifs is 1. The molecule has 1 aliphatic rings. The van der Waals surface area contributed by atoms with Crippen LogP contribution in [0.5, 0.6) is 0 Å². The molecule has 0 radical (unpaired) electrons. The van der Waals surface area contributed by atoms with Crippen LogP contribution >= 0.6 is 11.3 Å². The van der Waals surface area contributed by atoms with E-state index in [-0.39, 0.29) is 12.0 Å². The molecule has 124 valence electrons. The molecular formula is C15H16N6O2S. The van der Waals surface area contributed by atoms with Crippen molar-refractivity contribution in [2.75, 3.05) is 5.32 Å². The molecule has 0 unspecified atom stereocenters. The second-order valence-corrected chi connectivity index (χ2v) is 6.90. The van der Waals surface area contributed by atoms with Gasteiger partial charge in [0.2, 0.25) is 0 Å². The summed E-state index contributed by atoms with van der Waals surface area (Å²) in [5.74, 6) is -0.188. The molecule has 9 heteroatoms. The van der Waals surface area contributed by atoms with Crippen molar-refractivity contribution in [1.29, 1.82) is 0 Å². The van der Waals surface area contributed by atoms with Gasteiger partial charge in [0.05, 0.1) is 34.9 Å². The van der Waals surface area contributed by atoms with Crippen molar-refractivity contribution >= 4 is 33.3 Å². The van der Waals surface area contributed by atoms with Crippen LogP contribution in [-0.2, 0) is 11.3 Å². The summed E-state index contributed by atoms with van der Waals surface area (Å²) in [6.07, 6.45) is 4.66. The van der Waals surface area contributed by atoms with Crippen molar-refractivity contribution in [3.63, 3.8) is 0 Å². The van der Waals surface area contributed by atoms with Crippen molar-refractivity contribution in [2.45, 2.75) is 32.4 Å². The lowest BCUT2D eigenvalue weighted by Gasteiger charge is -2.31. The number of thiophene rings is 1. The minimum absolute atomic E-state index is 0.137.